The molecule has 2 aromatic carbocycles. The van der Waals surface area contributed by atoms with Gasteiger partial charge in [0.15, 0.2) is 9.84 Å². The van der Waals surface area contributed by atoms with Gasteiger partial charge in [-0.3, -0.25) is 4.79 Å². The van der Waals surface area contributed by atoms with E-state index in [9.17, 15) is 13.2 Å². The van der Waals surface area contributed by atoms with E-state index >= 15 is 0 Å². The van der Waals surface area contributed by atoms with Crippen molar-refractivity contribution in [3.63, 3.8) is 0 Å². The van der Waals surface area contributed by atoms with Crippen molar-refractivity contribution >= 4 is 32.2 Å². The maximum atomic E-state index is 13.0. The lowest BCUT2D eigenvalue weighted by molar-refractivity contribution is -0.133. The van der Waals surface area contributed by atoms with Crippen LogP contribution in [0.4, 0.5) is 5.69 Å². The number of hydrogen-bond donors (Lipinski definition) is 1. The fourth-order valence-corrected chi connectivity index (χ4v) is 6.26. The van der Waals surface area contributed by atoms with E-state index in [1.54, 1.807) is 4.90 Å². The molecule has 144 valence electrons. The van der Waals surface area contributed by atoms with E-state index in [1.807, 2.05) is 13.8 Å². The number of sulfone groups is 1. The van der Waals surface area contributed by atoms with Crippen molar-refractivity contribution < 1.29 is 13.2 Å². The standard InChI is InChI=1S/C21H26N2O3S/c1-3-23(17-11-12-27(25,26)13-17)21(24)14(2)22-19-10-9-16-8-7-15-5-4-6-18(19)20(15)16/h4-6,9-10,14,17,22H,3,7-8,11-13H2,1-2H3. The zero-order valence-electron chi connectivity index (χ0n) is 15.9. The average molecular weight is 387 g/mol. The molecular weight excluding hydrogens is 360 g/mol. The van der Waals surface area contributed by atoms with Gasteiger partial charge in [0.05, 0.1) is 11.5 Å². The van der Waals surface area contributed by atoms with Gasteiger partial charge in [-0.2, -0.15) is 0 Å². The Kier molecular flexibility index (Phi) is 4.62. The number of amides is 1. The maximum absolute atomic E-state index is 13.0. The van der Waals surface area contributed by atoms with Crippen molar-refractivity contribution in [3.05, 3.63) is 41.5 Å². The molecule has 2 atom stereocenters. The van der Waals surface area contributed by atoms with Gasteiger partial charge in [0.1, 0.15) is 6.04 Å². The van der Waals surface area contributed by atoms with Crippen molar-refractivity contribution in [1.29, 1.82) is 0 Å². The minimum Gasteiger partial charge on any atom is -0.373 e. The lowest BCUT2D eigenvalue weighted by Gasteiger charge is -2.30. The van der Waals surface area contributed by atoms with Gasteiger partial charge in [0, 0.05) is 23.7 Å². The third kappa shape index (κ3) is 3.31. The molecule has 1 aliphatic heterocycles. The Morgan fingerprint density at radius 2 is 1.96 bits per heavy atom. The van der Waals surface area contributed by atoms with Crippen LogP contribution in [0.25, 0.3) is 10.8 Å². The van der Waals surface area contributed by atoms with E-state index in [0.29, 0.717) is 13.0 Å². The van der Waals surface area contributed by atoms with E-state index in [2.05, 4.69) is 35.6 Å². The lowest BCUT2D eigenvalue weighted by atomic mass is 10.0. The first-order chi connectivity index (χ1) is 12.9. The van der Waals surface area contributed by atoms with Crippen molar-refractivity contribution in [2.45, 2.75) is 45.2 Å². The fourth-order valence-electron chi connectivity index (χ4n) is 4.53. The second-order valence-corrected chi connectivity index (χ2v) is 9.89. The molecule has 1 heterocycles. The summed E-state index contributed by atoms with van der Waals surface area (Å²) in [6, 6.07) is 9.96. The smallest absolute Gasteiger partial charge is 0.245 e. The highest BCUT2D eigenvalue weighted by Gasteiger charge is 2.35. The normalized spacial score (nSPS) is 21.3. The second kappa shape index (κ2) is 6.82. The molecule has 1 aliphatic carbocycles. The molecule has 4 rings (SSSR count). The minimum atomic E-state index is -3.01. The largest absolute Gasteiger partial charge is 0.373 e. The molecule has 0 radical (unpaired) electrons. The Hall–Kier alpha value is -2.08. The first-order valence-corrected chi connectivity index (χ1v) is 11.5. The molecule has 2 unspecified atom stereocenters. The van der Waals surface area contributed by atoms with Gasteiger partial charge in [-0.25, -0.2) is 8.42 Å². The quantitative estimate of drug-likeness (QED) is 0.858. The molecule has 1 fully saturated rings. The molecule has 0 saturated carbocycles. The minimum absolute atomic E-state index is 0.0390. The number of benzene rings is 2. The SMILES string of the molecule is CCN(C(=O)C(C)Nc1ccc2c3c(cccc13)CC2)C1CCS(=O)(=O)C1. The highest BCUT2D eigenvalue weighted by Crippen LogP contribution is 2.35. The van der Waals surface area contributed by atoms with Crippen molar-refractivity contribution in [2.75, 3.05) is 23.4 Å². The summed E-state index contributed by atoms with van der Waals surface area (Å²) in [5.41, 5.74) is 3.71. The first kappa shape index (κ1) is 18.3. The summed E-state index contributed by atoms with van der Waals surface area (Å²) in [5.74, 6) is 0.223. The van der Waals surface area contributed by atoms with Gasteiger partial charge in [-0.15, -0.1) is 0 Å². The monoisotopic (exact) mass is 386 g/mol. The summed E-state index contributed by atoms with van der Waals surface area (Å²) in [6.07, 6.45) is 2.68. The topological polar surface area (TPSA) is 66.5 Å². The van der Waals surface area contributed by atoms with Crippen LogP contribution in [-0.2, 0) is 27.5 Å². The lowest BCUT2D eigenvalue weighted by Crippen LogP contribution is -2.47. The summed E-state index contributed by atoms with van der Waals surface area (Å²) in [5, 5.41) is 5.86. The summed E-state index contributed by atoms with van der Waals surface area (Å²) in [7, 11) is -3.01. The summed E-state index contributed by atoms with van der Waals surface area (Å²) >= 11 is 0. The Labute approximate surface area is 160 Å². The van der Waals surface area contributed by atoms with E-state index in [1.165, 1.54) is 16.5 Å². The molecule has 2 aromatic rings. The summed E-state index contributed by atoms with van der Waals surface area (Å²) in [4.78, 5) is 14.8. The van der Waals surface area contributed by atoms with Gasteiger partial charge < -0.3 is 10.2 Å². The number of carbonyl (C=O) groups excluding carboxylic acids is 1. The molecular formula is C21H26N2O3S. The van der Waals surface area contributed by atoms with Crippen molar-refractivity contribution in [3.8, 4) is 0 Å². The van der Waals surface area contributed by atoms with Crippen LogP contribution in [-0.4, -0.2) is 49.4 Å². The highest BCUT2D eigenvalue weighted by atomic mass is 32.2. The molecule has 0 bridgehead atoms. The number of hydrogen-bond acceptors (Lipinski definition) is 4. The van der Waals surface area contributed by atoms with Crippen LogP contribution in [0.3, 0.4) is 0 Å². The zero-order valence-corrected chi connectivity index (χ0v) is 16.7. The Bertz CT molecular complexity index is 990. The predicted molar refractivity (Wildman–Crippen MR) is 109 cm³/mol. The summed E-state index contributed by atoms with van der Waals surface area (Å²) in [6.45, 7) is 4.29. The third-order valence-corrected chi connectivity index (χ3v) is 7.64. The predicted octanol–water partition coefficient (Wildman–Crippen LogP) is 2.77. The highest BCUT2D eigenvalue weighted by molar-refractivity contribution is 7.91. The molecule has 27 heavy (non-hydrogen) atoms. The number of nitrogens with one attached hydrogen (secondary N) is 1. The van der Waals surface area contributed by atoms with Crippen LogP contribution >= 0.6 is 0 Å². The van der Waals surface area contributed by atoms with Crippen molar-refractivity contribution in [1.82, 2.24) is 4.90 Å². The van der Waals surface area contributed by atoms with Crippen LogP contribution in [0, 0.1) is 0 Å². The number of likely N-dealkylation sites (N-methyl/N-ethyl adjacent to an activating group) is 1. The molecule has 1 saturated heterocycles. The Morgan fingerprint density at radius 3 is 2.63 bits per heavy atom. The van der Waals surface area contributed by atoms with E-state index in [-0.39, 0.29) is 23.5 Å². The summed E-state index contributed by atoms with van der Waals surface area (Å²) < 4.78 is 23.6. The van der Waals surface area contributed by atoms with Crippen LogP contribution < -0.4 is 5.32 Å². The molecule has 0 spiro atoms. The maximum Gasteiger partial charge on any atom is 0.245 e. The van der Waals surface area contributed by atoms with E-state index in [4.69, 9.17) is 0 Å². The van der Waals surface area contributed by atoms with Gasteiger partial charge >= 0.3 is 0 Å². The van der Waals surface area contributed by atoms with Crippen LogP contribution in [0.1, 0.15) is 31.4 Å². The van der Waals surface area contributed by atoms with Gasteiger partial charge in [0.2, 0.25) is 5.91 Å². The number of aryl methyl sites for hydroxylation is 2. The van der Waals surface area contributed by atoms with E-state index < -0.39 is 15.9 Å². The molecule has 0 aromatic heterocycles. The number of carbonyl (C=O) groups is 1. The first-order valence-electron chi connectivity index (χ1n) is 9.70. The molecule has 1 amide bonds. The van der Waals surface area contributed by atoms with Gasteiger partial charge in [-0.1, -0.05) is 24.3 Å². The molecule has 1 N–H and O–H groups in total. The van der Waals surface area contributed by atoms with E-state index in [0.717, 1.165) is 23.9 Å². The Balaban J connectivity index is 1.56. The average Bonchev–Trinajstić information content (AvgIpc) is 3.22. The zero-order chi connectivity index (χ0) is 19.2. The number of nitrogens with zero attached hydrogens (tertiary/aromatic N) is 1. The van der Waals surface area contributed by atoms with Gasteiger partial charge in [0.25, 0.3) is 0 Å². The third-order valence-electron chi connectivity index (χ3n) is 5.89. The number of rotatable bonds is 5. The number of anilines is 1. The van der Waals surface area contributed by atoms with Gasteiger partial charge in [-0.05, 0) is 55.7 Å². The molecule has 6 heteroatoms. The van der Waals surface area contributed by atoms with Crippen LogP contribution in [0.15, 0.2) is 30.3 Å². The Morgan fingerprint density at radius 1 is 1.22 bits per heavy atom. The molecule has 2 aliphatic rings. The van der Waals surface area contributed by atoms with Crippen LogP contribution in [0.5, 0.6) is 0 Å². The molecule has 5 nitrogen and oxygen atoms in total. The second-order valence-electron chi connectivity index (χ2n) is 7.66. The van der Waals surface area contributed by atoms with Crippen LogP contribution in [0.2, 0.25) is 0 Å². The van der Waals surface area contributed by atoms with Crippen molar-refractivity contribution in [2.24, 2.45) is 0 Å². The fraction of sp³-hybridized carbons (Fsp3) is 0.476.